The second-order valence-corrected chi connectivity index (χ2v) is 7.60. The average Bonchev–Trinajstić information content (AvgIpc) is 3.16. The minimum absolute atomic E-state index is 0.247. The number of ether oxygens (including phenoxy) is 1. The number of furan rings is 1. The second kappa shape index (κ2) is 8.48. The van der Waals surface area contributed by atoms with Crippen LogP contribution < -0.4 is 10.1 Å². The minimum atomic E-state index is -0.247. The van der Waals surface area contributed by atoms with Gasteiger partial charge in [-0.15, -0.1) is 0 Å². The van der Waals surface area contributed by atoms with Crippen LogP contribution in [0.3, 0.4) is 0 Å². The van der Waals surface area contributed by atoms with Crippen LogP contribution in [0, 0.1) is 13.8 Å². The molecule has 5 nitrogen and oxygen atoms in total. The van der Waals surface area contributed by atoms with E-state index in [2.05, 4.69) is 41.5 Å². The maximum Gasteiger partial charge on any atom is 0.249 e. The summed E-state index contributed by atoms with van der Waals surface area (Å²) in [6, 6.07) is 15.9. The number of hydrogen-bond donors (Lipinski definition) is 1. The Hall–Kier alpha value is -3.86. The van der Waals surface area contributed by atoms with Gasteiger partial charge in [0, 0.05) is 34.9 Å². The Bertz CT molecular complexity index is 1280. The largest absolute Gasteiger partial charge is 0.496 e. The number of methoxy groups -OCH3 is 1. The number of aryl methyl sites for hydroxylation is 2. The number of rotatable bonds is 5. The van der Waals surface area contributed by atoms with Crippen LogP contribution in [0.25, 0.3) is 27.7 Å². The molecule has 0 radical (unpaired) electrons. The number of amides is 1. The number of hydrogen-bond acceptors (Lipinski definition) is 4. The molecule has 0 aliphatic rings. The number of pyridine rings is 1. The summed E-state index contributed by atoms with van der Waals surface area (Å²) < 4.78 is 11.4. The molecule has 31 heavy (non-hydrogen) atoms. The minimum Gasteiger partial charge on any atom is -0.496 e. The Morgan fingerprint density at radius 3 is 2.55 bits per heavy atom. The maximum atomic E-state index is 12.6. The SMILES string of the molecule is COc1cc2occ(-c3ccc(C)cc3)c2cc1/C(C)=C/C(=O)Nc1cc(C)ccn1. The van der Waals surface area contributed by atoms with Gasteiger partial charge in [0.1, 0.15) is 17.2 Å². The summed E-state index contributed by atoms with van der Waals surface area (Å²) in [6.07, 6.45) is 4.98. The van der Waals surface area contributed by atoms with Crippen molar-refractivity contribution in [2.24, 2.45) is 0 Å². The predicted molar refractivity (Wildman–Crippen MR) is 124 cm³/mol. The maximum absolute atomic E-state index is 12.6. The van der Waals surface area contributed by atoms with Crippen molar-refractivity contribution in [2.75, 3.05) is 12.4 Å². The van der Waals surface area contributed by atoms with Gasteiger partial charge in [0.25, 0.3) is 0 Å². The summed E-state index contributed by atoms with van der Waals surface area (Å²) in [5.74, 6) is 0.921. The van der Waals surface area contributed by atoms with E-state index in [0.29, 0.717) is 11.6 Å². The van der Waals surface area contributed by atoms with Crippen molar-refractivity contribution in [3.05, 3.63) is 83.8 Å². The molecule has 1 N–H and O–H groups in total. The first kappa shape index (κ1) is 20.4. The average molecular weight is 412 g/mol. The molecule has 2 aromatic carbocycles. The van der Waals surface area contributed by atoms with Crippen LogP contribution in [-0.2, 0) is 4.79 Å². The highest BCUT2D eigenvalue weighted by Crippen LogP contribution is 2.37. The van der Waals surface area contributed by atoms with E-state index in [0.717, 1.165) is 38.8 Å². The Balaban J connectivity index is 1.71. The van der Waals surface area contributed by atoms with Gasteiger partial charge in [0.15, 0.2) is 0 Å². The van der Waals surface area contributed by atoms with Crippen molar-refractivity contribution in [1.29, 1.82) is 0 Å². The molecule has 0 fully saturated rings. The molecule has 0 aliphatic carbocycles. The molecule has 2 aromatic heterocycles. The Morgan fingerprint density at radius 1 is 1.06 bits per heavy atom. The zero-order valence-corrected chi connectivity index (χ0v) is 18.0. The van der Waals surface area contributed by atoms with Crippen LogP contribution in [0.4, 0.5) is 5.82 Å². The quantitative estimate of drug-likeness (QED) is 0.399. The van der Waals surface area contributed by atoms with Gasteiger partial charge in [0.05, 0.1) is 13.4 Å². The molecule has 0 saturated heterocycles. The van der Waals surface area contributed by atoms with E-state index in [1.165, 1.54) is 5.56 Å². The molecule has 4 rings (SSSR count). The molecule has 0 bridgehead atoms. The molecule has 0 unspecified atom stereocenters. The number of carbonyl (C=O) groups is 1. The van der Waals surface area contributed by atoms with Gasteiger partial charge in [-0.2, -0.15) is 0 Å². The fourth-order valence-corrected chi connectivity index (χ4v) is 3.53. The first-order chi connectivity index (χ1) is 14.9. The first-order valence-electron chi connectivity index (χ1n) is 10.0. The monoisotopic (exact) mass is 412 g/mol. The topological polar surface area (TPSA) is 64.4 Å². The third kappa shape index (κ3) is 4.36. The van der Waals surface area contributed by atoms with Crippen molar-refractivity contribution < 1.29 is 13.9 Å². The summed E-state index contributed by atoms with van der Waals surface area (Å²) >= 11 is 0. The number of carbonyl (C=O) groups excluding carboxylic acids is 1. The zero-order valence-electron chi connectivity index (χ0n) is 18.0. The number of nitrogens with one attached hydrogen (secondary N) is 1. The molecular weight excluding hydrogens is 388 g/mol. The molecular formula is C26H24N2O3. The highest BCUT2D eigenvalue weighted by atomic mass is 16.5. The molecule has 0 spiro atoms. The van der Waals surface area contributed by atoms with Crippen molar-refractivity contribution in [3.63, 3.8) is 0 Å². The van der Waals surface area contributed by atoms with Crippen LogP contribution in [0.15, 0.2) is 71.5 Å². The normalized spacial score (nSPS) is 11.5. The van der Waals surface area contributed by atoms with Gasteiger partial charge in [-0.3, -0.25) is 4.79 Å². The number of allylic oxidation sites excluding steroid dienone is 1. The van der Waals surface area contributed by atoms with Crippen LogP contribution in [0.5, 0.6) is 5.75 Å². The smallest absolute Gasteiger partial charge is 0.249 e. The van der Waals surface area contributed by atoms with E-state index in [1.54, 1.807) is 25.6 Å². The van der Waals surface area contributed by atoms with Crippen molar-refractivity contribution >= 4 is 28.3 Å². The Labute approximate surface area is 181 Å². The summed E-state index contributed by atoms with van der Waals surface area (Å²) in [6.45, 7) is 5.90. The van der Waals surface area contributed by atoms with E-state index in [9.17, 15) is 4.79 Å². The van der Waals surface area contributed by atoms with Gasteiger partial charge in [-0.05, 0) is 55.7 Å². The lowest BCUT2D eigenvalue weighted by Crippen LogP contribution is -2.10. The lowest BCUT2D eigenvalue weighted by molar-refractivity contribution is -0.111. The molecule has 5 heteroatoms. The fourth-order valence-electron chi connectivity index (χ4n) is 3.53. The molecule has 0 aliphatic heterocycles. The van der Waals surface area contributed by atoms with Crippen LogP contribution in [-0.4, -0.2) is 18.0 Å². The van der Waals surface area contributed by atoms with Gasteiger partial charge < -0.3 is 14.5 Å². The predicted octanol–water partition coefficient (Wildman–Crippen LogP) is 6.16. The van der Waals surface area contributed by atoms with Gasteiger partial charge in [-0.1, -0.05) is 29.8 Å². The highest BCUT2D eigenvalue weighted by molar-refractivity contribution is 6.05. The van der Waals surface area contributed by atoms with E-state index in [1.807, 2.05) is 38.1 Å². The molecule has 156 valence electrons. The second-order valence-electron chi connectivity index (χ2n) is 7.60. The number of benzene rings is 2. The third-order valence-electron chi connectivity index (χ3n) is 5.20. The number of nitrogens with zero attached hydrogens (tertiary/aromatic N) is 1. The van der Waals surface area contributed by atoms with Crippen molar-refractivity contribution in [2.45, 2.75) is 20.8 Å². The Morgan fingerprint density at radius 2 is 1.84 bits per heavy atom. The number of fused-ring (bicyclic) bond motifs is 1. The van der Waals surface area contributed by atoms with E-state index in [4.69, 9.17) is 9.15 Å². The van der Waals surface area contributed by atoms with Gasteiger partial charge in [-0.25, -0.2) is 4.98 Å². The van der Waals surface area contributed by atoms with Crippen LogP contribution in [0.2, 0.25) is 0 Å². The van der Waals surface area contributed by atoms with E-state index >= 15 is 0 Å². The highest BCUT2D eigenvalue weighted by Gasteiger charge is 2.15. The zero-order chi connectivity index (χ0) is 22.0. The van der Waals surface area contributed by atoms with Crippen molar-refractivity contribution in [3.8, 4) is 16.9 Å². The molecule has 4 aromatic rings. The summed E-state index contributed by atoms with van der Waals surface area (Å²) in [7, 11) is 1.61. The van der Waals surface area contributed by atoms with Gasteiger partial charge in [0.2, 0.25) is 5.91 Å². The molecule has 2 heterocycles. The first-order valence-corrected chi connectivity index (χ1v) is 10.0. The number of anilines is 1. The van der Waals surface area contributed by atoms with Crippen LogP contribution >= 0.6 is 0 Å². The van der Waals surface area contributed by atoms with E-state index in [-0.39, 0.29) is 5.91 Å². The van der Waals surface area contributed by atoms with Gasteiger partial charge >= 0.3 is 0 Å². The summed E-state index contributed by atoms with van der Waals surface area (Å²) in [5.41, 5.74) is 6.65. The Kier molecular flexibility index (Phi) is 5.58. The van der Waals surface area contributed by atoms with Crippen molar-refractivity contribution in [1.82, 2.24) is 4.98 Å². The molecule has 0 saturated carbocycles. The fraction of sp³-hybridized carbons (Fsp3) is 0.154. The number of aromatic nitrogens is 1. The third-order valence-corrected chi connectivity index (χ3v) is 5.20. The summed E-state index contributed by atoms with van der Waals surface area (Å²) in [4.78, 5) is 16.7. The standard InChI is InChI=1S/C26H24N2O3/c1-16-5-7-19(8-6-16)22-15-31-24-14-23(30-4)20(13-21(22)24)18(3)12-26(29)28-25-11-17(2)9-10-27-25/h5-15H,1-4H3,(H,27,28,29)/b18-12+. The van der Waals surface area contributed by atoms with Crippen LogP contribution in [0.1, 0.15) is 23.6 Å². The summed E-state index contributed by atoms with van der Waals surface area (Å²) in [5, 5.41) is 3.78. The molecule has 1 amide bonds. The lowest BCUT2D eigenvalue weighted by Gasteiger charge is -2.10. The molecule has 0 atom stereocenters. The lowest BCUT2D eigenvalue weighted by atomic mass is 9.99. The van der Waals surface area contributed by atoms with E-state index < -0.39 is 0 Å².